The summed E-state index contributed by atoms with van der Waals surface area (Å²) in [6.45, 7) is 7.21. The standard InChI is InChI=1S/C14H26N2O/c1-3-10-16(13-6-4-5-7-13)14(17)9-8-12(2)11-15/h3,12-13H,1,4-11,15H2,2H3. The first-order valence-corrected chi connectivity index (χ1v) is 6.79. The van der Waals surface area contributed by atoms with Crippen LogP contribution in [-0.4, -0.2) is 29.9 Å². The van der Waals surface area contributed by atoms with Crippen LogP contribution in [-0.2, 0) is 4.79 Å². The van der Waals surface area contributed by atoms with Gasteiger partial charge in [0.05, 0.1) is 0 Å². The van der Waals surface area contributed by atoms with Gasteiger partial charge in [-0.25, -0.2) is 0 Å². The fourth-order valence-corrected chi connectivity index (χ4v) is 2.44. The highest BCUT2D eigenvalue weighted by atomic mass is 16.2. The molecule has 3 heteroatoms. The maximum atomic E-state index is 12.2. The second-order valence-corrected chi connectivity index (χ2v) is 5.15. The molecular formula is C14H26N2O. The summed E-state index contributed by atoms with van der Waals surface area (Å²) in [4.78, 5) is 14.2. The molecule has 0 heterocycles. The molecule has 1 amide bonds. The molecule has 3 nitrogen and oxygen atoms in total. The van der Waals surface area contributed by atoms with E-state index in [4.69, 9.17) is 5.73 Å². The Balaban J connectivity index is 2.45. The van der Waals surface area contributed by atoms with Crippen LogP contribution in [0.4, 0.5) is 0 Å². The molecule has 0 bridgehead atoms. The van der Waals surface area contributed by atoms with Crippen molar-refractivity contribution in [2.45, 2.75) is 51.5 Å². The first-order valence-electron chi connectivity index (χ1n) is 6.79. The molecule has 0 aromatic rings. The minimum atomic E-state index is 0.275. The van der Waals surface area contributed by atoms with Gasteiger partial charge in [-0.2, -0.15) is 0 Å². The molecule has 0 radical (unpaired) electrons. The Labute approximate surface area is 105 Å². The molecule has 1 rings (SSSR count). The average Bonchev–Trinajstić information content (AvgIpc) is 2.86. The Hall–Kier alpha value is -0.830. The van der Waals surface area contributed by atoms with Gasteiger partial charge in [0.2, 0.25) is 5.91 Å². The summed E-state index contributed by atoms with van der Waals surface area (Å²) in [5.74, 6) is 0.713. The van der Waals surface area contributed by atoms with Gasteiger partial charge < -0.3 is 10.6 Å². The molecule has 98 valence electrons. The van der Waals surface area contributed by atoms with Gasteiger partial charge in [-0.1, -0.05) is 25.8 Å². The number of carbonyl (C=O) groups is 1. The summed E-state index contributed by atoms with van der Waals surface area (Å²) in [5, 5.41) is 0. The molecular weight excluding hydrogens is 212 g/mol. The van der Waals surface area contributed by atoms with E-state index in [2.05, 4.69) is 13.5 Å². The zero-order chi connectivity index (χ0) is 12.7. The summed E-state index contributed by atoms with van der Waals surface area (Å²) in [6.07, 6.45) is 8.19. The summed E-state index contributed by atoms with van der Waals surface area (Å²) >= 11 is 0. The molecule has 1 unspecified atom stereocenters. The first kappa shape index (κ1) is 14.2. The van der Waals surface area contributed by atoms with Crippen LogP contribution >= 0.6 is 0 Å². The minimum absolute atomic E-state index is 0.275. The lowest BCUT2D eigenvalue weighted by molar-refractivity contribution is -0.133. The Kier molecular flexibility index (Phi) is 6.27. The van der Waals surface area contributed by atoms with Crippen molar-refractivity contribution in [2.24, 2.45) is 11.7 Å². The maximum absolute atomic E-state index is 12.2. The third-order valence-electron chi connectivity index (χ3n) is 3.66. The normalized spacial score (nSPS) is 18.0. The molecule has 1 aliphatic carbocycles. The first-order chi connectivity index (χ1) is 8.19. The minimum Gasteiger partial charge on any atom is -0.336 e. The van der Waals surface area contributed by atoms with Crippen LogP contribution in [0.1, 0.15) is 45.4 Å². The van der Waals surface area contributed by atoms with Crippen molar-refractivity contribution in [3.05, 3.63) is 12.7 Å². The van der Waals surface area contributed by atoms with Crippen LogP contribution in [0.25, 0.3) is 0 Å². The summed E-state index contributed by atoms with van der Waals surface area (Å²) in [5.41, 5.74) is 5.57. The molecule has 1 fully saturated rings. The SMILES string of the molecule is C=CCN(C(=O)CCC(C)CN)C1CCCC1. The van der Waals surface area contributed by atoms with Gasteiger partial charge in [-0.3, -0.25) is 4.79 Å². The van der Waals surface area contributed by atoms with E-state index in [-0.39, 0.29) is 5.91 Å². The molecule has 1 atom stereocenters. The number of nitrogens with zero attached hydrogens (tertiary/aromatic N) is 1. The number of hydrogen-bond donors (Lipinski definition) is 1. The Morgan fingerprint density at radius 3 is 2.71 bits per heavy atom. The molecule has 0 aromatic carbocycles. The fraction of sp³-hybridized carbons (Fsp3) is 0.786. The largest absolute Gasteiger partial charge is 0.336 e. The van der Waals surface area contributed by atoms with E-state index in [1.165, 1.54) is 12.8 Å². The van der Waals surface area contributed by atoms with Crippen LogP contribution in [0.5, 0.6) is 0 Å². The van der Waals surface area contributed by atoms with Gasteiger partial charge in [0.15, 0.2) is 0 Å². The smallest absolute Gasteiger partial charge is 0.223 e. The van der Waals surface area contributed by atoms with E-state index in [9.17, 15) is 4.79 Å². The van der Waals surface area contributed by atoms with Crippen molar-refractivity contribution in [1.82, 2.24) is 4.90 Å². The van der Waals surface area contributed by atoms with Crippen molar-refractivity contribution in [2.75, 3.05) is 13.1 Å². The van der Waals surface area contributed by atoms with E-state index in [0.29, 0.717) is 31.5 Å². The molecule has 0 aliphatic heterocycles. The number of nitrogens with two attached hydrogens (primary N) is 1. The van der Waals surface area contributed by atoms with Crippen LogP contribution in [0.2, 0.25) is 0 Å². The summed E-state index contributed by atoms with van der Waals surface area (Å²) in [6, 6.07) is 0.452. The van der Waals surface area contributed by atoms with E-state index in [1.54, 1.807) is 0 Å². The monoisotopic (exact) mass is 238 g/mol. The predicted octanol–water partition coefficient (Wildman–Crippen LogP) is 2.32. The van der Waals surface area contributed by atoms with Crippen molar-refractivity contribution in [3.8, 4) is 0 Å². The van der Waals surface area contributed by atoms with Gasteiger partial charge in [-0.15, -0.1) is 6.58 Å². The Morgan fingerprint density at radius 1 is 1.53 bits per heavy atom. The lowest BCUT2D eigenvalue weighted by atomic mass is 10.0. The van der Waals surface area contributed by atoms with E-state index in [1.807, 2.05) is 11.0 Å². The van der Waals surface area contributed by atoms with Gasteiger partial charge >= 0.3 is 0 Å². The van der Waals surface area contributed by atoms with Crippen LogP contribution in [0.15, 0.2) is 12.7 Å². The molecule has 0 saturated heterocycles. The molecule has 17 heavy (non-hydrogen) atoms. The van der Waals surface area contributed by atoms with Gasteiger partial charge in [-0.05, 0) is 31.7 Å². The lowest BCUT2D eigenvalue weighted by Gasteiger charge is -2.28. The van der Waals surface area contributed by atoms with Crippen LogP contribution < -0.4 is 5.73 Å². The summed E-state index contributed by atoms with van der Waals surface area (Å²) in [7, 11) is 0. The van der Waals surface area contributed by atoms with Crippen molar-refractivity contribution >= 4 is 5.91 Å². The fourth-order valence-electron chi connectivity index (χ4n) is 2.44. The molecule has 2 N–H and O–H groups in total. The highest BCUT2D eigenvalue weighted by Gasteiger charge is 2.25. The second kappa shape index (κ2) is 7.49. The topological polar surface area (TPSA) is 46.3 Å². The van der Waals surface area contributed by atoms with Crippen molar-refractivity contribution in [1.29, 1.82) is 0 Å². The quantitative estimate of drug-likeness (QED) is 0.692. The third-order valence-corrected chi connectivity index (χ3v) is 3.66. The van der Waals surface area contributed by atoms with Crippen molar-refractivity contribution < 1.29 is 4.79 Å². The summed E-state index contributed by atoms with van der Waals surface area (Å²) < 4.78 is 0. The predicted molar refractivity (Wildman–Crippen MR) is 71.6 cm³/mol. The van der Waals surface area contributed by atoms with Crippen LogP contribution in [0, 0.1) is 5.92 Å². The average molecular weight is 238 g/mol. The third kappa shape index (κ3) is 4.50. The van der Waals surface area contributed by atoms with Gasteiger partial charge in [0.1, 0.15) is 0 Å². The zero-order valence-electron chi connectivity index (χ0n) is 11.0. The highest BCUT2D eigenvalue weighted by molar-refractivity contribution is 5.76. The number of rotatable bonds is 7. The highest BCUT2D eigenvalue weighted by Crippen LogP contribution is 2.24. The van der Waals surface area contributed by atoms with Crippen LogP contribution in [0.3, 0.4) is 0 Å². The number of amides is 1. The number of hydrogen-bond acceptors (Lipinski definition) is 2. The molecule has 1 saturated carbocycles. The van der Waals surface area contributed by atoms with Gasteiger partial charge in [0.25, 0.3) is 0 Å². The van der Waals surface area contributed by atoms with Crippen molar-refractivity contribution in [3.63, 3.8) is 0 Å². The number of carbonyl (C=O) groups excluding carboxylic acids is 1. The lowest BCUT2D eigenvalue weighted by Crippen LogP contribution is -2.39. The van der Waals surface area contributed by atoms with Gasteiger partial charge in [0, 0.05) is 19.0 Å². The van der Waals surface area contributed by atoms with E-state index < -0.39 is 0 Å². The Morgan fingerprint density at radius 2 is 2.18 bits per heavy atom. The maximum Gasteiger partial charge on any atom is 0.223 e. The molecule has 1 aliphatic rings. The Bertz CT molecular complexity index is 247. The second-order valence-electron chi connectivity index (χ2n) is 5.15. The zero-order valence-corrected chi connectivity index (χ0v) is 11.0. The molecule has 0 spiro atoms. The van der Waals surface area contributed by atoms with E-state index >= 15 is 0 Å². The molecule has 0 aromatic heterocycles. The van der Waals surface area contributed by atoms with E-state index in [0.717, 1.165) is 19.3 Å².